The molecule has 10 heteroatoms. The normalized spacial score (nSPS) is 9.64. The van der Waals surface area contributed by atoms with Gasteiger partial charge in [0.1, 0.15) is 0 Å². The van der Waals surface area contributed by atoms with Crippen molar-refractivity contribution in [2.24, 2.45) is 11.5 Å². The van der Waals surface area contributed by atoms with Crippen LogP contribution in [-0.2, 0) is 22.7 Å². The van der Waals surface area contributed by atoms with E-state index in [-0.39, 0.29) is 23.0 Å². The average Bonchev–Trinajstić information content (AvgIpc) is 2.65. The molecule has 2 aromatic carbocycles. The van der Waals surface area contributed by atoms with Crippen LogP contribution in [0.2, 0.25) is 0 Å². The molecule has 152 valence electrons. The fourth-order valence-corrected chi connectivity index (χ4v) is 1.53. The number of rotatable bonds is 4. The molecular formula is C18H22N2O8. The van der Waals surface area contributed by atoms with E-state index in [9.17, 15) is 9.59 Å². The Morgan fingerprint density at radius 2 is 1.00 bits per heavy atom. The predicted molar refractivity (Wildman–Crippen MR) is 99.7 cm³/mol. The second-order valence-corrected chi connectivity index (χ2v) is 5.06. The second-order valence-electron chi connectivity index (χ2n) is 5.06. The number of benzene rings is 2. The van der Waals surface area contributed by atoms with Gasteiger partial charge >= 0.3 is 11.9 Å². The highest BCUT2D eigenvalue weighted by Crippen LogP contribution is 2.25. The molecule has 0 aliphatic rings. The van der Waals surface area contributed by atoms with Crippen molar-refractivity contribution in [2.45, 2.75) is 13.1 Å². The van der Waals surface area contributed by atoms with Crippen LogP contribution in [0.4, 0.5) is 0 Å². The minimum Gasteiger partial charge on any atom is -0.504 e. The number of carboxylic acid groups (broad SMARTS) is 2. The van der Waals surface area contributed by atoms with Crippen LogP contribution in [0.5, 0.6) is 23.0 Å². The summed E-state index contributed by atoms with van der Waals surface area (Å²) in [4.78, 5) is 19.1. The lowest BCUT2D eigenvalue weighted by Crippen LogP contribution is -1.94. The topological polar surface area (TPSA) is 208 Å². The van der Waals surface area contributed by atoms with Crippen molar-refractivity contribution >= 4 is 11.9 Å². The lowest BCUT2D eigenvalue weighted by molar-refractivity contribution is -0.134. The Morgan fingerprint density at radius 3 is 1.21 bits per heavy atom. The van der Waals surface area contributed by atoms with Gasteiger partial charge in [-0.3, -0.25) is 0 Å². The fourth-order valence-electron chi connectivity index (χ4n) is 1.53. The molecule has 0 aromatic heterocycles. The Kier molecular flexibility index (Phi) is 10.9. The monoisotopic (exact) mass is 394 g/mol. The molecule has 10 N–H and O–H groups in total. The van der Waals surface area contributed by atoms with Gasteiger partial charge in [0, 0.05) is 25.2 Å². The zero-order chi connectivity index (χ0) is 21.7. The van der Waals surface area contributed by atoms with Crippen LogP contribution in [0.15, 0.2) is 48.6 Å². The zero-order valence-corrected chi connectivity index (χ0v) is 14.7. The summed E-state index contributed by atoms with van der Waals surface area (Å²) in [6.45, 7) is 0.738. The van der Waals surface area contributed by atoms with Gasteiger partial charge < -0.3 is 42.1 Å². The first-order chi connectivity index (χ1) is 13.1. The minimum atomic E-state index is -1.26. The summed E-state index contributed by atoms with van der Waals surface area (Å²) in [6, 6.07) is 9.03. The quantitative estimate of drug-likeness (QED) is 0.270. The summed E-state index contributed by atoms with van der Waals surface area (Å²) in [6.07, 6.45) is 1.12. The molecule has 2 aromatic rings. The number of carboxylic acids is 2. The van der Waals surface area contributed by atoms with Gasteiger partial charge in [0.25, 0.3) is 0 Å². The highest BCUT2D eigenvalue weighted by atomic mass is 16.4. The number of hydrogen-bond acceptors (Lipinski definition) is 8. The average molecular weight is 394 g/mol. The molecule has 0 saturated heterocycles. The summed E-state index contributed by atoms with van der Waals surface area (Å²) in [5.41, 5.74) is 12.2. The third-order valence-corrected chi connectivity index (χ3v) is 2.92. The van der Waals surface area contributed by atoms with Crippen molar-refractivity contribution in [1.82, 2.24) is 0 Å². The fraction of sp³-hybridized carbons (Fsp3) is 0.111. The number of phenols is 4. The lowest BCUT2D eigenvalue weighted by atomic mass is 10.2. The van der Waals surface area contributed by atoms with Crippen LogP contribution in [0.3, 0.4) is 0 Å². The van der Waals surface area contributed by atoms with E-state index in [0.29, 0.717) is 25.2 Å². The second kappa shape index (κ2) is 12.6. The van der Waals surface area contributed by atoms with E-state index < -0.39 is 11.9 Å². The van der Waals surface area contributed by atoms with Gasteiger partial charge in [-0.05, 0) is 35.4 Å². The van der Waals surface area contributed by atoms with Gasteiger partial charge in [-0.15, -0.1) is 0 Å². The number of carbonyl (C=O) groups is 2. The van der Waals surface area contributed by atoms with Crippen LogP contribution < -0.4 is 11.5 Å². The van der Waals surface area contributed by atoms with Crippen molar-refractivity contribution < 1.29 is 40.2 Å². The molecule has 0 spiro atoms. The van der Waals surface area contributed by atoms with Gasteiger partial charge in [-0.1, -0.05) is 12.1 Å². The molecule has 10 nitrogen and oxygen atoms in total. The molecule has 0 amide bonds. The molecule has 2 rings (SSSR count). The first kappa shape index (κ1) is 24.2. The van der Waals surface area contributed by atoms with Crippen LogP contribution in [-0.4, -0.2) is 42.6 Å². The summed E-state index contributed by atoms with van der Waals surface area (Å²) in [7, 11) is 0. The Bertz CT molecular complexity index is 754. The van der Waals surface area contributed by atoms with Crippen LogP contribution in [0, 0.1) is 0 Å². The molecule has 0 aliphatic carbocycles. The molecule has 0 atom stereocenters. The van der Waals surface area contributed by atoms with Crippen LogP contribution in [0.25, 0.3) is 0 Å². The first-order valence-electron chi connectivity index (χ1n) is 7.66. The number of phenolic OH excluding ortho intramolecular Hbond substituents is 4. The van der Waals surface area contributed by atoms with Crippen molar-refractivity contribution in [3.05, 3.63) is 59.7 Å². The maximum Gasteiger partial charge on any atom is 0.328 e. The van der Waals surface area contributed by atoms with E-state index in [1.165, 1.54) is 24.3 Å². The van der Waals surface area contributed by atoms with Gasteiger partial charge in [0.05, 0.1) is 0 Å². The highest BCUT2D eigenvalue weighted by Gasteiger charge is 1.98. The van der Waals surface area contributed by atoms with Gasteiger partial charge in [0.2, 0.25) is 0 Å². The standard InChI is InChI=1S/2C7H9NO2.C4H4O4/c2*8-4-5-1-2-6(9)7(10)3-5;5-3(6)1-2-4(7)8/h2*1-3,9-10H,4,8H2;1-2H,(H,5,6)(H,7,8)/b;;2-1-. The molecular weight excluding hydrogens is 372 g/mol. The summed E-state index contributed by atoms with van der Waals surface area (Å²) >= 11 is 0. The summed E-state index contributed by atoms with van der Waals surface area (Å²) in [5, 5.41) is 51.2. The van der Waals surface area contributed by atoms with Crippen molar-refractivity contribution in [2.75, 3.05) is 0 Å². The molecule has 0 aliphatic heterocycles. The largest absolute Gasteiger partial charge is 0.504 e. The molecule has 0 bridgehead atoms. The number of hydrogen-bond donors (Lipinski definition) is 8. The lowest BCUT2D eigenvalue weighted by Gasteiger charge is -1.98. The molecule has 0 saturated carbocycles. The third kappa shape index (κ3) is 10.3. The van der Waals surface area contributed by atoms with Crippen LogP contribution in [0.1, 0.15) is 11.1 Å². The molecule has 0 radical (unpaired) electrons. The summed E-state index contributed by atoms with van der Waals surface area (Å²) < 4.78 is 0. The van der Waals surface area contributed by atoms with E-state index >= 15 is 0 Å². The number of aromatic hydroxyl groups is 4. The smallest absolute Gasteiger partial charge is 0.328 e. The Labute approximate surface area is 160 Å². The number of aliphatic carboxylic acids is 2. The van der Waals surface area contributed by atoms with Gasteiger partial charge in [0.15, 0.2) is 23.0 Å². The van der Waals surface area contributed by atoms with Gasteiger partial charge in [-0.2, -0.15) is 0 Å². The third-order valence-electron chi connectivity index (χ3n) is 2.92. The van der Waals surface area contributed by atoms with Crippen LogP contribution >= 0.6 is 0 Å². The van der Waals surface area contributed by atoms with E-state index in [4.69, 9.17) is 42.1 Å². The molecule has 28 heavy (non-hydrogen) atoms. The Morgan fingerprint density at radius 1 is 0.679 bits per heavy atom. The van der Waals surface area contributed by atoms with E-state index in [0.717, 1.165) is 11.1 Å². The van der Waals surface area contributed by atoms with E-state index in [1.807, 2.05) is 0 Å². The maximum atomic E-state index is 9.55. The minimum absolute atomic E-state index is 0.114. The van der Waals surface area contributed by atoms with E-state index in [2.05, 4.69) is 0 Å². The molecule has 0 heterocycles. The predicted octanol–water partition coefficient (Wildman–Crippen LogP) is 0.825. The zero-order valence-electron chi connectivity index (χ0n) is 14.7. The Hall–Kier alpha value is -3.76. The SMILES string of the molecule is NCc1ccc(O)c(O)c1.NCc1ccc(O)c(O)c1.O=C(O)/C=C\C(=O)O. The van der Waals surface area contributed by atoms with Crippen molar-refractivity contribution in [1.29, 1.82) is 0 Å². The first-order valence-corrected chi connectivity index (χ1v) is 7.66. The summed E-state index contributed by atoms with van der Waals surface area (Å²) in [5.74, 6) is -2.99. The Balaban J connectivity index is 0.000000394. The maximum absolute atomic E-state index is 9.55. The van der Waals surface area contributed by atoms with Crippen molar-refractivity contribution in [3.8, 4) is 23.0 Å². The molecule has 0 fully saturated rings. The molecule has 0 unspecified atom stereocenters. The van der Waals surface area contributed by atoms with E-state index in [1.54, 1.807) is 12.1 Å². The van der Waals surface area contributed by atoms with Crippen molar-refractivity contribution in [3.63, 3.8) is 0 Å². The number of nitrogens with two attached hydrogens (primary N) is 2. The highest BCUT2D eigenvalue weighted by molar-refractivity contribution is 5.89. The van der Waals surface area contributed by atoms with Gasteiger partial charge in [-0.25, -0.2) is 9.59 Å².